The smallest absolute Gasteiger partial charge is 0.184 e. The first kappa shape index (κ1) is 11.3. The fourth-order valence-electron chi connectivity index (χ4n) is 1.80. The molecule has 1 fully saturated rings. The molecule has 1 aliphatic rings. The van der Waals surface area contributed by atoms with Crippen LogP contribution < -0.4 is 0 Å². The molecule has 1 aliphatic heterocycles. The van der Waals surface area contributed by atoms with Crippen molar-refractivity contribution in [2.75, 3.05) is 13.2 Å². The van der Waals surface area contributed by atoms with E-state index in [0.29, 0.717) is 5.92 Å². The zero-order valence-corrected chi connectivity index (χ0v) is 9.39. The number of carbonyl (C=O) groups is 1. The Hall–Kier alpha value is -1.19. The van der Waals surface area contributed by atoms with E-state index in [2.05, 4.69) is 19.1 Å². The summed E-state index contributed by atoms with van der Waals surface area (Å²) in [6.45, 7) is 2.51. The Morgan fingerprint density at radius 1 is 1.25 bits per heavy atom. The average Bonchev–Trinajstić information content (AvgIpc) is 2.33. The fourth-order valence-corrected chi connectivity index (χ4v) is 1.80. The Bertz CT molecular complexity index is 337. The van der Waals surface area contributed by atoms with Crippen molar-refractivity contribution < 1.29 is 14.3 Å². The van der Waals surface area contributed by atoms with E-state index >= 15 is 0 Å². The van der Waals surface area contributed by atoms with Gasteiger partial charge in [0, 0.05) is 6.42 Å². The number of ether oxygens (including phenoxy) is 2. The molecule has 0 spiro atoms. The maximum absolute atomic E-state index is 10.9. The summed E-state index contributed by atoms with van der Waals surface area (Å²) in [6.07, 6.45) is 0.546. The van der Waals surface area contributed by atoms with Gasteiger partial charge in [-0.3, -0.25) is 4.79 Å². The monoisotopic (exact) mass is 220 g/mol. The largest absolute Gasteiger partial charge is 0.345 e. The highest BCUT2D eigenvalue weighted by atomic mass is 16.7. The molecule has 0 radical (unpaired) electrons. The van der Waals surface area contributed by atoms with Crippen LogP contribution in [0.5, 0.6) is 0 Å². The van der Waals surface area contributed by atoms with Gasteiger partial charge < -0.3 is 9.47 Å². The Morgan fingerprint density at radius 3 is 2.50 bits per heavy atom. The third-order valence-electron chi connectivity index (χ3n) is 2.78. The molecule has 0 N–H and O–H groups in total. The lowest BCUT2D eigenvalue weighted by molar-refractivity contribution is -0.188. The van der Waals surface area contributed by atoms with Gasteiger partial charge in [0.25, 0.3) is 0 Å². The topological polar surface area (TPSA) is 35.5 Å². The molecule has 2 rings (SSSR count). The lowest BCUT2D eigenvalue weighted by Gasteiger charge is -2.25. The number of benzene rings is 1. The second-order valence-corrected chi connectivity index (χ2v) is 4.14. The maximum Gasteiger partial charge on any atom is 0.184 e. The Kier molecular flexibility index (Phi) is 3.70. The minimum absolute atomic E-state index is 0.0172. The van der Waals surface area contributed by atoms with Crippen molar-refractivity contribution in [3.8, 4) is 0 Å². The van der Waals surface area contributed by atoms with Crippen molar-refractivity contribution in [2.45, 2.75) is 25.6 Å². The maximum atomic E-state index is 10.9. The summed E-state index contributed by atoms with van der Waals surface area (Å²) in [6, 6.07) is 10.2. The molecule has 1 aromatic rings. The zero-order valence-electron chi connectivity index (χ0n) is 9.39. The van der Waals surface area contributed by atoms with Gasteiger partial charge in [-0.25, -0.2) is 0 Å². The van der Waals surface area contributed by atoms with Crippen LogP contribution in [0.3, 0.4) is 0 Å². The van der Waals surface area contributed by atoms with Crippen molar-refractivity contribution in [3.63, 3.8) is 0 Å². The van der Waals surface area contributed by atoms with E-state index in [9.17, 15) is 4.79 Å². The molecule has 0 saturated carbocycles. The molecule has 3 nitrogen and oxygen atoms in total. The van der Waals surface area contributed by atoms with Gasteiger partial charge in [0.05, 0.1) is 0 Å². The molecular formula is C13H16O3. The number of hydrogen-bond acceptors (Lipinski definition) is 3. The first-order chi connectivity index (χ1) is 7.75. The van der Waals surface area contributed by atoms with E-state index in [1.54, 1.807) is 0 Å². The summed E-state index contributed by atoms with van der Waals surface area (Å²) >= 11 is 0. The molecule has 0 amide bonds. The molecule has 3 heteroatoms. The third-order valence-corrected chi connectivity index (χ3v) is 2.78. The van der Waals surface area contributed by atoms with Crippen molar-refractivity contribution in [2.24, 2.45) is 0 Å². The van der Waals surface area contributed by atoms with Gasteiger partial charge in [-0.2, -0.15) is 0 Å². The van der Waals surface area contributed by atoms with Crippen LogP contribution >= 0.6 is 0 Å². The number of rotatable bonds is 3. The normalized spacial score (nSPS) is 19.7. The van der Waals surface area contributed by atoms with Crippen LogP contribution in [0.1, 0.15) is 24.8 Å². The van der Waals surface area contributed by atoms with Crippen LogP contribution in [-0.2, 0) is 14.3 Å². The Labute approximate surface area is 95.4 Å². The van der Waals surface area contributed by atoms with Gasteiger partial charge in [-0.15, -0.1) is 0 Å². The van der Waals surface area contributed by atoms with Crippen molar-refractivity contribution in [3.05, 3.63) is 35.9 Å². The third kappa shape index (κ3) is 2.90. The summed E-state index contributed by atoms with van der Waals surface area (Å²) in [5, 5.41) is 0. The number of Topliss-reactive ketones (excluding diaryl/α,β-unsaturated/α-hetero) is 1. The molecule has 1 unspecified atom stereocenters. The second kappa shape index (κ2) is 5.23. The van der Waals surface area contributed by atoms with Crippen LogP contribution in [0.15, 0.2) is 30.3 Å². The van der Waals surface area contributed by atoms with Gasteiger partial charge in [0.2, 0.25) is 0 Å². The summed E-state index contributed by atoms with van der Waals surface area (Å²) in [4.78, 5) is 10.9. The lowest BCUT2D eigenvalue weighted by Crippen LogP contribution is -2.32. The minimum atomic E-state index is -0.243. The molecule has 16 heavy (non-hydrogen) atoms. The highest BCUT2D eigenvalue weighted by Crippen LogP contribution is 2.23. The average molecular weight is 220 g/mol. The Morgan fingerprint density at radius 2 is 1.88 bits per heavy atom. The van der Waals surface area contributed by atoms with E-state index in [-0.39, 0.29) is 25.3 Å². The number of hydrogen-bond donors (Lipinski definition) is 0. The zero-order chi connectivity index (χ0) is 11.4. The van der Waals surface area contributed by atoms with E-state index in [1.165, 1.54) is 5.56 Å². The summed E-state index contributed by atoms with van der Waals surface area (Å²) < 4.78 is 10.6. The minimum Gasteiger partial charge on any atom is -0.345 e. The van der Waals surface area contributed by atoms with Crippen LogP contribution in [0.2, 0.25) is 0 Å². The van der Waals surface area contributed by atoms with Gasteiger partial charge in [0.15, 0.2) is 12.1 Å². The summed E-state index contributed by atoms with van der Waals surface area (Å²) in [5.74, 6) is 0.392. The van der Waals surface area contributed by atoms with Crippen molar-refractivity contribution >= 4 is 5.78 Å². The summed E-state index contributed by atoms with van der Waals surface area (Å²) in [7, 11) is 0. The number of carbonyl (C=O) groups excluding carboxylic acids is 1. The molecule has 0 aliphatic carbocycles. The first-order valence-electron chi connectivity index (χ1n) is 5.55. The Balaban J connectivity index is 1.88. The van der Waals surface area contributed by atoms with E-state index in [1.807, 2.05) is 18.2 Å². The van der Waals surface area contributed by atoms with Gasteiger partial charge in [0.1, 0.15) is 13.2 Å². The van der Waals surface area contributed by atoms with E-state index in [4.69, 9.17) is 9.47 Å². The predicted octanol–water partition coefficient (Wildman–Crippen LogP) is 2.12. The SMILES string of the molecule is CC(CC1OCC(=O)CO1)c1ccccc1. The quantitative estimate of drug-likeness (QED) is 0.782. The van der Waals surface area contributed by atoms with E-state index < -0.39 is 0 Å². The molecule has 1 saturated heterocycles. The molecule has 0 aromatic heterocycles. The van der Waals surface area contributed by atoms with Gasteiger partial charge in [-0.1, -0.05) is 37.3 Å². The molecular weight excluding hydrogens is 204 g/mol. The lowest BCUT2D eigenvalue weighted by atomic mass is 9.97. The van der Waals surface area contributed by atoms with Crippen LogP contribution in [-0.4, -0.2) is 25.3 Å². The van der Waals surface area contributed by atoms with Crippen molar-refractivity contribution in [1.82, 2.24) is 0 Å². The van der Waals surface area contributed by atoms with Crippen LogP contribution in [0.4, 0.5) is 0 Å². The van der Waals surface area contributed by atoms with Gasteiger partial charge in [-0.05, 0) is 11.5 Å². The van der Waals surface area contributed by atoms with Crippen molar-refractivity contribution in [1.29, 1.82) is 0 Å². The highest BCUT2D eigenvalue weighted by molar-refractivity contribution is 5.81. The summed E-state index contributed by atoms with van der Waals surface area (Å²) in [5.41, 5.74) is 1.27. The molecule has 0 bridgehead atoms. The number of ketones is 1. The van der Waals surface area contributed by atoms with Crippen LogP contribution in [0, 0.1) is 0 Å². The molecule has 1 aromatic carbocycles. The van der Waals surface area contributed by atoms with E-state index in [0.717, 1.165) is 6.42 Å². The standard InChI is InChI=1S/C13H16O3/c1-10(11-5-3-2-4-6-11)7-13-15-8-12(14)9-16-13/h2-6,10,13H,7-9H2,1H3. The van der Waals surface area contributed by atoms with Gasteiger partial charge >= 0.3 is 0 Å². The first-order valence-corrected chi connectivity index (χ1v) is 5.55. The molecule has 1 heterocycles. The molecule has 86 valence electrons. The fraction of sp³-hybridized carbons (Fsp3) is 0.462. The predicted molar refractivity (Wildman–Crippen MR) is 60.2 cm³/mol. The highest BCUT2D eigenvalue weighted by Gasteiger charge is 2.22. The van der Waals surface area contributed by atoms with Crippen LogP contribution in [0.25, 0.3) is 0 Å². The second-order valence-electron chi connectivity index (χ2n) is 4.14. The molecule has 1 atom stereocenters.